The van der Waals surface area contributed by atoms with Crippen LogP contribution in [-0.4, -0.2) is 14.5 Å². The second kappa shape index (κ2) is 12.5. The predicted octanol–water partition coefficient (Wildman–Crippen LogP) is 10.9. The van der Waals surface area contributed by atoms with Crippen LogP contribution >= 0.6 is 0 Å². The van der Waals surface area contributed by atoms with E-state index in [0.29, 0.717) is 11.8 Å². The summed E-state index contributed by atoms with van der Waals surface area (Å²) in [6.45, 7) is 13.4. The molecule has 3 aromatic heterocycles. The molecule has 0 atom stereocenters. The van der Waals surface area contributed by atoms with Gasteiger partial charge in [-0.05, 0) is 55.1 Å². The van der Waals surface area contributed by atoms with Crippen molar-refractivity contribution in [3.63, 3.8) is 0 Å². The molecule has 0 aliphatic carbocycles. The minimum Gasteiger partial charge on any atom is -0.501 e. The van der Waals surface area contributed by atoms with Gasteiger partial charge in [0, 0.05) is 37.3 Å². The van der Waals surface area contributed by atoms with E-state index in [4.69, 9.17) is 9.40 Å². The first-order valence-electron chi connectivity index (χ1n) is 15.7. The summed E-state index contributed by atoms with van der Waals surface area (Å²) in [7, 11) is 0. The van der Waals surface area contributed by atoms with Gasteiger partial charge in [-0.1, -0.05) is 86.7 Å². The molecule has 0 fully saturated rings. The van der Waals surface area contributed by atoms with Crippen LogP contribution in [0, 0.1) is 18.1 Å². The van der Waals surface area contributed by atoms with E-state index in [2.05, 4.69) is 118 Å². The molecule has 5 heteroatoms. The fourth-order valence-corrected chi connectivity index (χ4v) is 6.46. The number of pyridine rings is 1. The average molecular weight is 780 g/mol. The molecular formula is C41H37IrN3O-2. The number of hydrogen-bond acceptors (Lipinski definition) is 3. The Labute approximate surface area is 284 Å². The molecule has 0 amide bonds. The molecule has 0 N–H and O–H groups in total. The normalized spacial score (nSPS) is 13.5. The SMILES string of the molecule is CC(C)C1=CC(C)(C)n2c(-c3[c-]cccc3)nc3cccc1c32.CC(C)c1ccnc(-c2[c-]ccc3c2oc2ccccc23)c1.[Ir]. The number of aromatic nitrogens is 3. The first kappa shape index (κ1) is 31.7. The van der Waals surface area contributed by atoms with Gasteiger partial charge < -0.3 is 14.0 Å². The molecule has 0 spiro atoms. The molecular weight excluding hydrogens is 743 g/mol. The van der Waals surface area contributed by atoms with E-state index in [9.17, 15) is 0 Å². The molecule has 1 aliphatic rings. The van der Waals surface area contributed by atoms with Gasteiger partial charge in [-0.2, -0.15) is 0 Å². The Morgan fingerprint density at radius 1 is 0.804 bits per heavy atom. The van der Waals surface area contributed by atoms with Crippen molar-refractivity contribution in [3.8, 4) is 22.6 Å². The standard InChI is InChI=1S/C21H21N2.C20H16NO.Ir/c1-14(2)17-13-21(3,4)23-19-16(17)11-8-12-18(19)22-20(23)15-9-6-5-7-10-15;1-13(2)14-10-11-21-18(12-14)17-8-5-7-16-15-6-3-4-9-19(15)22-20(16)17;/h5-9,11-14H,1-4H3;3-7,9-13H,1-2H3;/q2*-1;. The second-order valence-corrected chi connectivity index (χ2v) is 13.0. The largest absolute Gasteiger partial charge is 0.501 e. The number of fused-ring (bicyclic) bond motifs is 3. The van der Waals surface area contributed by atoms with Crippen molar-refractivity contribution in [2.24, 2.45) is 5.92 Å². The minimum absolute atomic E-state index is 0. The number of imidazole rings is 1. The number of hydrogen-bond donors (Lipinski definition) is 0. The summed E-state index contributed by atoms with van der Waals surface area (Å²) in [5, 5.41) is 2.24. The number of allylic oxidation sites excluding steroid dienone is 2. The van der Waals surface area contributed by atoms with Crippen LogP contribution < -0.4 is 0 Å². The Morgan fingerprint density at radius 2 is 1.61 bits per heavy atom. The third-order valence-corrected chi connectivity index (χ3v) is 8.69. The summed E-state index contributed by atoms with van der Waals surface area (Å²) >= 11 is 0. The van der Waals surface area contributed by atoms with Gasteiger partial charge in [0.25, 0.3) is 0 Å². The Bertz CT molecular complexity index is 2200. The van der Waals surface area contributed by atoms with Crippen molar-refractivity contribution in [1.29, 1.82) is 0 Å². The summed E-state index contributed by atoms with van der Waals surface area (Å²) in [6, 6.07) is 37.5. The van der Waals surface area contributed by atoms with E-state index in [1.54, 1.807) is 0 Å². The van der Waals surface area contributed by atoms with Crippen molar-refractivity contribution < 1.29 is 24.5 Å². The van der Waals surface area contributed by atoms with Gasteiger partial charge in [0.1, 0.15) is 5.58 Å². The fourth-order valence-electron chi connectivity index (χ4n) is 6.46. The molecule has 4 heterocycles. The number of benzene rings is 4. The molecule has 233 valence electrons. The zero-order valence-corrected chi connectivity index (χ0v) is 29.4. The zero-order valence-electron chi connectivity index (χ0n) is 27.1. The molecule has 7 aromatic rings. The van der Waals surface area contributed by atoms with Crippen molar-refractivity contribution in [1.82, 2.24) is 14.5 Å². The Kier molecular flexibility index (Phi) is 8.58. The maximum atomic E-state index is 6.07. The molecule has 1 aliphatic heterocycles. The van der Waals surface area contributed by atoms with Gasteiger partial charge >= 0.3 is 0 Å². The zero-order chi connectivity index (χ0) is 31.3. The van der Waals surface area contributed by atoms with Crippen LogP contribution in [-0.2, 0) is 25.6 Å². The van der Waals surface area contributed by atoms with Crippen LogP contribution in [0.2, 0.25) is 0 Å². The third kappa shape index (κ3) is 5.53. The second-order valence-electron chi connectivity index (χ2n) is 13.0. The van der Waals surface area contributed by atoms with E-state index in [-0.39, 0.29) is 25.6 Å². The van der Waals surface area contributed by atoms with Crippen molar-refractivity contribution in [2.75, 3.05) is 0 Å². The summed E-state index contributed by atoms with van der Waals surface area (Å²) in [5.41, 5.74) is 10.8. The molecule has 8 rings (SSSR count). The number of para-hydroxylation sites is 2. The van der Waals surface area contributed by atoms with Gasteiger partial charge in [0.05, 0.1) is 28.0 Å². The van der Waals surface area contributed by atoms with E-state index in [1.807, 2.05) is 48.7 Å². The molecule has 46 heavy (non-hydrogen) atoms. The number of nitrogens with zero attached hydrogens (tertiary/aromatic N) is 3. The van der Waals surface area contributed by atoms with Crippen molar-refractivity contribution in [3.05, 3.63) is 127 Å². The van der Waals surface area contributed by atoms with Crippen LogP contribution in [0.5, 0.6) is 0 Å². The van der Waals surface area contributed by atoms with Gasteiger partial charge in [0.15, 0.2) is 0 Å². The van der Waals surface area contributed by atoms with Crippen LogP contribution in [0.3, 0.4) is 0 Å². The monoisotopic (exact) mass is 780 g/mol. The van der Waals surface area contributed by atoms with Crippen molar-refractivity contribution >= 4 is 38.5 Å². The quantitative estimate of drug-likeness (QED) is 0.167. The van der Waals surface area contributed by atoms with E-state index >= 15 is 0 Å². The van der Waals surface area contributed by atoms with E-state index < -0.39 is 0 Å². The smallest absolute Gasteiger partial charge is 0.120 e. The first-order chi connectivity index (χ1) is 21.7. The maximum absolute atomic E-state index is 6.07. The fraction of sp³-hybridized carbons (Fsp3) is 0.220. The maximum Gasteiger partial charge on any atom is 0.120 e. The minimum atomic E-state index is -0.109. The summed E-state index contributed by atoms with van der Waals surface area (Å²) < 4.78 is 8.44. The molecule has 4 nitrogen and oxygen atoms in total. The van der Waals surface area contributed by atoms with Gasteiger partial charge in [0.2, 0.25) is 0 Å². The van der Waals surface area contributed by atoms with Crippen LogP contribution in [0.15, 0.2) is 108 Å². The van der Waals surface area contributed by atoms with Gasteiger partial charge in [-0.3, -0.25) is 4.98 Å². The molecule has 4 aromatic carbocycles. The first-order valence-corrected chi connectivity index (χ1v) is 15.7. The summed E-state index contributed by atoms with van der Waals surface area (Å²) in [4.78, 5) is 9.46. The van der Waals surface area contributed by atoms with Crippen molar-refractivity contribution in [2.45, 2.75) is 53.0 Å². The molecule has 0 saturated carbocycles. The predicted molar refractivity (Wildman–Crippen MR) is 186 cm³/mol. The summed E-state index contributed by atoms with van der Waals surface area (Å²) in [6.07, 6.45) is 4.26. The number of furan rings is 1. The molecule has 1 radical (unpaired) electrons. The Balaban J connectivity index is 0.000000158. The topological polar surface area (TPSA) is 43.9 Å². The van der Waals surface area contributed by atoms with E-state index in [1.165, 1.54) is 22.2 Å². The van der Waals surface area contributed by atoms with Crippen LogP contribution in [0.4, 0.5) is 0 Å². The molecule has 0 unspecified atom stereocenters. The molecule has 0 saturated heterocycles. The van der Waals surface area contributed by atoms with E-state index in [0.717, 1.165) is 50.1 Å². The van der Waals surface area contributed by atoms with Crippen LogP contribution in [0.25, 0.3) is 61.2 Å². The number of rotatable bonds is 4. The summed E-state index contributed by atoms with van der Waals surface area (Å²) in [5.74, 6) is 1.96. The Morgan fingerprint density at radius 3 is 2.37 bits per heavy atom. The Hall–Kier alpha value is -4.31. The molecule has 0 bridgehead atoms. The van der Waals surface area contributed by atoms with Gasteiger partial charge in [-0.25, -0.2) is 0 Å². The third-order valence-electron chi connectivity index (χ3n) is 8.69. The van der Waals surface area contributed by atoms with Crippen LogP contribution in [0.1, 0.15) is 58.6 Å². The van der Waals surface area contributed by atoms with Gasteiger partial charge in [-0.15, -0.1) is 54.1 Å². The average Bonchev–Trinajstić information content (AvgIpc) is 3.64.